The van der Waals surface area contributed by atoms with E-state index in [0.717, 1.165) is 5.56 Å². The molecule has 0 aromatic heterocycles. The zero-order chi connectivity index (χ0) is 13.8. The minimum absolute atomic E-state index is 0.221. The van der Waals surface area contributed by atoms with Crippen LogP contribution in [0, 0.1) is 6.92 Å². The average molecular weight is 277 g/mol. The zero-order valence-corrected chi connectivity index (χ0v) is 10.9. The van der Waals surface area contributed by atoms with Crippen molar-refractivity contribution >= 4 is 17.1 Å². The number of rotatable bonds is 4. The molecule has 1 atom stereocenters. The van der Waals surface area contributed by atoms with Crippen LogP contribution in [0.3, 0.4) is 0 Å². The summed E-state index contributed by atoms with van der Waals surface area (Å²) in [6.45, 7) is 3.35. The monoisotopic (exact) mass is 277 g/mol. The van der Waals surface area contributed by atoms with Crippen LogP contribution in [0.2, 0.25) is 0 Å². The predicted molar refractivity (Wildman–Crippen MR) is 66.0 cm³/mol. The van der Waals surface area contributed by atoms with Gasteiger partial charge in [-0.15, -0.1) is 0 Å². The summed E-state index contributed by atoms with van der Waals surface area (Å²) in [5, 5.41) is 0. The van der Waals surface area contributed by atoms with Crippen molar-refractivity contribution in [1.29, 1.82) is 0 Å². The van der Waals surface area contributed by atoms with Crippen LogP contribution in [0.25, 0.3) is 0 Å². The summed E-state index contributed by atoms with van der Waals surface area (Å²) in [4.78, 5) is 0.493. The summed E-state index contributed by atoms with van der Waals surface area (Å²) in [6.07, 6.45) is -5.36. The first-order chi connectivity index (χ1) is 8.28. The van der Waals surface area contributed by atoms with Gasteiger partial charge >= 0.3 is 6.18 Å². The molecule has 6 heteroatoms. The summed E-state index contributed by atoms with van der Waals surface area (Å²) in [7, 11) is 0. The smallest absolute Gasteiger partial charge is 0.389 e. The first kappa shape index (κ1) is 15.0. The lowest BCUT2D eigenvalue weighted by Crippen LogP contribution is -2.10. The normalized spacial score (nSPS) is 14.7. The van der Waals surface area contributed by atoms with E-state index in [0.29, 0.717) is 4.90 Å². The quantitative estimate of drug-likeness (QED) is 0.608. The number of halogens is 3. The third-order valence-electron chi connectivity index (χ3n) is 2.23. The molecule has 0 saturated heterocycles. The van der Waals surface area contributed by atoms with Crippen molar-refractivity contribution in [2.45, 2.75) is 37.8 Å². The van der Waals surface area contributed by atoms with Gasteiger partial charge in [-0.05, 0) is 32.4 Å². The van der Waals surface area contributed by atoms with E-state index in [1.165, 1.54) is 6.92 Å². The van der Waals surface area contributed by atoms with Crippen molar-refractivity contribution in [1.82, 2.24) is 0 Å². The number of hydrogen-bond acceptors (Lipinski definition) is 2. The third-order valence-corrected chi connectivity index (χ3v) is 3.38. The molecule has 100 valence electrons. The second-order valence-electron chi connectivity index (χ2n) is 4.00. The molecule has 0 aliphatic rings. The summed E-state index contributed by atoms with van der Waals surface area (Å²) >= 11 is -1.63. The van der Waals surface area contributed by atoms with Gasteiger partial charge in [0.1, 0.15) is 11.4 Å². The Morgan fingerprint density at radius 1 is 1.28 bits per heavy atom. The van der Waals surface area contributed by atoms with Crippen molar-refractivity contribution in [3.05, 3.63) is 29.8 Å². The molecule has 0 aliphatic heterocycles. The van der Waals surface area contributed by atoms with E-state index in [-0.39, 0.29) is 12.1 Å². The lowest BCUT2D eigenvalue weighted by molar-refractivity contribution is -0.132. The minimum Gasteiger partial charge on any atom is -0.586 e. The first-order valence-electron chi connectivity index (χ1n) is 5.37. The highest BCUT2D eigenvalue weighted by Crippen LogP contribution is 2.22. The number of benzene rings is 1. The standard InChI is InChI=1S/C12H14F3NOS/c1-9-3-5-11(6-4-9)18(17)16-10(2)7-8-12(13,14)15/h3-6H,7-8H2,1-2H3. The molecule has 0 saturated carbocycles. The van der Waals surface area contributed by atoms with Gasteiger partial charge in [0.15, 0.2) is 4.90 Å². The van der Waals surface area contributed by atoms with Crippen LogP contribution in [-0.4, -0.2) is 16.4 Å². The topological polar surface area (TPSA) is 35.4 Å². The Kier molecular flexibility index (Phi) is 5.22. The Bertz CT molecular complexity index is 414. The minimum atomic E-state index is -4.21. The molecule has 1 aromatic rings. The SMILES string of the molecule is CC(CCC(F)(F)F)=N[S+]([O-])c1ccc(C)cc1. The molecule has 18 heavy (non-hydrogen) atoms. The second-order valence-corrected chi connectivity index (χ2v) is 5.16. The van der Waals surface area contributed by atoms with Crippen molar-refractivity contribution in [2.75, 3.05) is 0 Å². The highest BCUT2D eigenvalue weighted by Gasteiger charge is 2.27. The van der Waals surface area contributed by atoms with Gasteiger partial charge in [0.05, 0.1) is 5.71 Å². The van der Waals surface area contributed by atoms with E-state index in [9.17, 15) is 17.7 Å². The maximum absolute atomic E-state index is 12.0. The number of nitrogens with zero attached hydrogens (tertiary/aromatic N) is 1. The van der Waals surface area contributed by atoms with E-state index < -0.39 is 24.0 Å². The lowest BCUT2D eigenvalue weighted by Gasteiger charge is -2.07. The van der Waals surface area contributed by atoms with Crippen LogP contribution in [-0.2, 0) is 11.4 Å². The number of hydrogen-bond donors (Lipinski definition) is 0. The van der Waals surface area contributed by atoms with Crippen molar-refractivity contribution in [2.24, 2.45) is 4.40 Å². The molecule has 1 rings (SSSR count). The van der Waals surface area contributed by atoms with Crippen molar-refractivity contribution in [3.8, 4) is 0 Å². The fourth-order valence-electron chi connectivity index (χ4n) is 1.22. The van der Waals surface area contributed by atoms with Crippen LogP contribution >= 0.6 is 0 Å². The fourth-order valence-corrected chi connectivity index (χ4v) is 2.07. The average Bonchev–Trinajstić information content (AvgIpc) is 2.26. The summed E-state index contributed by atoms with van der Waals surface area (Å²) < 4.78 is 51.5. The van der Waals surface area contributed by atoms with Crippen LogP contribution in [0.1, 0.15) is 25.3 Å². The lowest BCUT2D eigenvalue weighted by atomic mass is 10.2. The molecule has 0 fully saturated rings. The van der Waals surface area contributed by atoms with Gasteiger partial charge in [0, 0.05) is 6.42 Å². The van der Waals surface area contributed by atoms with E-state index in [2.05, 4.69) is 4.40 Å². The van der Waals surface area contributed by atoms with Gasteiger partial charge in [0.25, 0.3) is 0 Å². The van der Waals surface area contributed by atoms with Crippen LogP contribution in [0.5, 0.6) is 0 Å². The van der Waals surface area contributed by atoms with Crippen molar-refractivity contribution in [3.63, 3.8) is 0 Å². The molecular formula is C12H14F3NOS. The van der Waals surface area contributed by atoms with Crippen molar-refractivity contribution < 1.29 is 17.7 Å². The summed E-state index contributed by atoms with van der Waals surface area (Å²) in [6, 6.07) is 6.89. The highest BCUT2D eigenvalue weighted by atomic mass is 32.2. The van der Waals surface area contributed by atoms with Crippen LogP contribution < -0.4 is 0 Å². The van der Waals surface area contributed by atoms with Crippen LogP contribution in [0.4, 0.5) is 13.2 Å². The van der Waals surface area contributed by atoms with E-state index in [1.54, 1.807) is 24.3 Å². The Labute approximate surface area is 107 Å². The molecule has 0 spiro atoms. The molecule has 0 radical (unpaired) electrons. The number of alkyl halides is 3. The van der Waals surface area contributed by atoms with Crippen LogP contribution in [0.15, 0.2) is 33.6 Å². The van der Waals surface area contributed by atoms with Gasteiger partial charge in [-0.1, -0.05) is 22.1 Å². The van der Waals surface area contributed by atoms with E-state index in [4.69, 9.17) is 0 Å². The summed E-state index contributed by atoms with van der Waals surface area (Å²) in [5.74, 6) is 0. The molecule has 0 amide bonds. The largest absolute Gasteiger partial charge is 0.586 e. The zero-order valence-electron chi connectivity index (χ0n) is 10.1. The molecule has 0 bridgehead atoms. The van der Waals surface area contributed by atoms with Gasteiger partial charge in [-0.3, -0.25) is 0 Å². The molecule has 1 aromatic carbocycles. The first-order valence-corrected chi connectivity index (χ1v) is 6.48. The maximum atomic E-state index is 12.0. The Morgan fingerprint density at radius 3 is 2.33 bits per heavy atom. The molecule has 0 N–H and O–H groups in total. The third kappa shape index (κ3) is 5.55. The molecular weight excluding hydrogens is 263 g/mol. The van der Waals surface area contributed by atoms with Gasteiger partial charge < -0.3 is 4.55 Å². The predicted octanol–water partition coefficient (Wildman–Crippen LogP) is 3.82. The Balaban J connectivity index is 2.62. The maximum Gasteiger partial charge on any atom is 0.389 e. The Hall–Kier alpha value is -1.01. The molecule has 0 heterocycles. The highest BCUT2D eigenvalue weighted by molar-refractivity contribution is 7.90. The van der Waals surface area contributed by atoms with Gasteiger partial charge in [-0.25, -0.2) is 0 Å². The van der Waals surface area contributed by atoms with Gasteiger partial charge in [0.2, 0.25) is 0 Å². The number of aryl methyl sites for hydroxylation is 1. The van der Waals surface area contributed by atoms with Gasteiger partial charge in [-0.2, -0.15) is 13.2 Å². The van der Waals surface area contributed by atoms with E-state index >= 15 is 0 Å². The molecule has 1 unspecified atom stereocenters. The Morgan fingerprint density at radius 2 is 1.83 bits per heavy atom. The fraction of sp³-hybridized carbons (Fsp3) is 0.417. The summed E-state index contributed by atoms with van der Waals surface area (Å²) in [5.41, 5.74) is 1.26. The molecule has 2 nitrogen and oxygen atoms in total. The second kappa shape index (κ2) is 6.24. The molecule has 0 aliphatic carbocycles. The van der Waals surface area contributed by atoms with E-state index in [1.807, 2.05) is 6.92 Å².